The zero-order chi connectivity index (χ0) is 13.9. The van der Waals surface area contributed by atoms with Crippen LogP contribution in [0.25, 0.3) is 0 Å². The fraction of sp³-hybridized carbons (Fsp3) is 0.733. The van der Waals surface area contributed by atoms with Crippen molar-refractivity contribution in [1.29, 1.82) is 0 Å². The van der Waals surface area contributed by atoms with Crippen molar-refractivity contribution >= 4 is 11.3 Å². The zero-order valence-corrected chi connectivity index (χ0v) is 13.0. The van der Waals surface area contributed by atoms with Crippen molar-refractivity contribution in [3.63, 3.8) is 0 Å². The van der Waals surface area contributed by atoms with Gasteiger partial charge in [-0.3, -0.25) is 4.90 Å². The quantitative estimate of drug-likeness (QED) is 0.769. The number of hydrogen-bond acceptors (Lipinski definition) is 4. The van der Waals surface area contributed by atoms with Gasteiger partial charge in [0.2, 0.25) is 0 Å². The van der Waals surface area contributed by atoms with Crippen LogP contribution < -0.4 is 5.32 Å². The molecule has 1 atom stereocenters. The Balaban J connectivity index is 1.88. The Morgan fingerprint density at radius 2 is 2.26 bits per heavy atom. The maximum Gasteiger partial charge on any atom is 0.0870 e. The standard InChI is InChI=1S/C15H26N2OS/c1-12(2)16-10-15(3,18)11-17(13-6-7-13)9-14-5-4-8-19-14/h4-5,8,12-13,16,18H,6-7,9-11H2,1-3H3. The first kappa shape index (κ1) is 15.0. The monoisotopic (exact) mass is 282 g/mol. The lowest BCUT2D eigenvalue weighted by atomic mass is 10.1. The summed E-state index contributed by atoms with van der Waals surface area (Å²) in [7, 11) is 0. The molecule has 0 bridgehead atoms. The fourth-order valence-corrected chi connectivity index (χ4v) is 3.00. The predicted molar refractivity (Wildman–Crippen MR) is 81.5 cm³/mol. The summed E-state index contributed by atoms with van der Waals surface area (Å²) in [4.78, 5) is 3.83. The Hall–Kier alpha value is -0.420. The van der Waals surface area contributed by atoms with E-state index in [9.17, 15) is 5.11 Å². The first-order valence-corrected chi connectivity index (χ1v) is 8.06. The molecule has 1 aliphatic carbocycles. The number of hydrogen-bond donors (Lipinski definition) is 2. The molecule has 1 heterocycles. The van der Waals surface area contributed by atoms with E-state index in [1.54, 1.807) is 11.3 Å². The lowest BCUT2D eigenvalue weighted by Gasteiger charge is -2.32. The SMILES string of the molecule is CC(C)NCC(C)(O)CN(Cc1cccs1)C1CC1. The highest BCUT2D eigenvalue weighted by molar-refractivity contribution is 7.09. The van der Waals surface area contributed by atoms with Crippen LogP contribution in [0.15, 0.2) is 17.5 Å². The van der Waals surface area contributed by atoms with E-state index < -0.39 is 5.60 Å². The van der Waals surface area contributed by atoms with Gasteiger partial charge in [-0.1, -0.05) is 19.9 Å². The average Bonchev–Trinajstić information content (AvgIpc) is 3.05. The summed E-state index contributed by atoms with van der Waals surface area (Å²) in [5, 5.41) is 16.0. The maximum absolute atomic E-state index is 10.5. The van der Waals surface area contributed by atoms with Crippen molar-refractivity contribution in [2.45, 2.75) is 57.8 Å². The van der Waals surface area contributed by atoms with E-state index in [2.05, 4.69) is 41.6 Å². The summed E-state index contributed by atoms with van der Waals surface area (Å²) >= 11 is 1.80. The molecular formula is C15H26N2OS. The summed E-state index contributed by atoms with van der Waals surface area (Å²) in [6.07, 6.45) is 2.55. The summed E-state index contributed by atoms with van der Waals surface area (Å²) in [6, 6.07) is 5.37. The minimum atomic E-state index is -0.663. The molecule has 1 fully saturated rings. The van der Waals surface area contributed by atoms with Gasteiger partial charge in [-0.2, -0.15) is 0 Å². The fourth-order valence-electron chi connectivity index (χ4n) is 2.27. The van der Waals surface area contributed by atoms with Crippen molar-refractivity contribution in [2.75, 3.05) is 13.1 Å². The molecule has 19 heavy (non-hydrogen) atoms. The van der Waals surface area contributed by atoms with E-state index in [1.807, 2.05) is 6.92 Å². The van der Waals surface area contributed by atoms with E-state index >= 15 is 0 Å². The number of rotatable bonds is 8. The molecule has 1 saturated carbocycles. The Morgan fingerprint density at radius 3 is 2.79 bits per heavy atom. The lowest BCUT2D eigenvalue weighted by Crippen LogP contribution is -2.49. The van der Waals surface area contributed by atoms with E-state index in [-0.39, 0.29) is 0 Å². The third-order valence-corrected chi connectivity index (χ3v) is 4.30. The molecule has 0 radical (unpaired) electrons. The highest BCUT2D eigenvalue weighted by atomic mass is 32.1. The van der Waals surface area contributed by atoms with Crippen molar-refractivity contribution in [1.82, 2.24) is 10.2 Å². The number of nitrogens with one attached hydrogen (secondary N) is 1. The Morgan fingerprint density at radius 1 is 1.53 bits per heavy atom. The number of aliphatic hydroxyl groups is 1. The van der Waals surface area contributed by atoms with Gasteiger partial charge in [-0.05, 0) is 31.2 Å². The molecule has 2 N–H and O–H groups in total. The van der Waals surface area contributed by atoms with Gasteiger partial charge in [0.05, 0.1) is 5.60 Å². The molecule has 1 aliphatic rings. The summed E-state index contributed by atoms with van der Waals surface area (Å²) in [6.45, 7) is 8.53. The van der Waals surface area contributed by atoms with Crippen LogP contribution in [0.1, 0.15) is 38.5 Å². The lowest BCUT2D eigenvalue weighted by molar-refractivity contribution is 0.0138. The summed E-state index contributed by atoms with van der Waals surface area (Å²) < 4.78 is 0. The Bertz CT molecular complexity index is 372. The van der Waals surface area contributed by atoms with Gasteiger partial charge in [0, 0.05) is 36.6 Å². The average molecular weight is 282 g/mol. The molecule has 108 valence electrons. The molecule has 0 amide bonds. The van der Waals surface area contributed by atoms with E-state index in [0.717, 1.165) is 13.1 Å². The van der Waals surface area contributed by atoms with Gasteiger partial charge in [-0.15, -0.1) is 11.3 Å². The van der Waals surface area contributed by atoms with E-state index in [1.165, 1.54) is 17.7 Å². The van der Waals surface area contributed by atoms with Crippen LogP contribution in [0, 0.1) is 0 Å². The highest BCUT2D eigenvalue weighted by Crippen LogP contribution is 2.30. The number of nitrogens with zero attached hydrogens (tertiary/aromatic N) is 1. The molecule has 0 aliphatic heterocycles. The minimum Gasteiger partial charge on any atom is -0.388 e. The molecule has 4 heteroatoms. The van der Waals surface area contributed by atoms with Gasteiger partial charge in [0.25, 0.3) is 0 Å². The van der Waals surface area contributed by atoms with Crippen molar-refractivity contribution in [2.24, 2.45) is 0 Å². The topological polar surface area (TPSA) is 35.5 Å². The van der Waals surface area contributed by atoms with Crippen LogP contribution >= 0.6 is 11.3 Å². The normalized spacial score (nSPS) is 19.1. The van der Waals surface area contributed by atoms with Crippen LogP contribution in [-0.2, 0) is 6.54 Å². The van der Waals surface area contributed by atoms with E-state index in [0.29, 0.717) is 18.6 Å². The number of thiophene rings is 1. The van der Waals surface area contributed by atoms with Gasteiger partial charge in [-0.25, -0.2) is 0 Å². The first-order valence-electron chi connectivity index (χ1n) is 7.18. The molecule has 0 spiro atoms. The molecule has 1 aromatic rings. The third-order valence-electron chi connectivity index (χ3n) is 3.44. The molecule has 2 rings (SSSR count). The first-order chi connectivity index (χ1) is 8.96. The van der Waals surface area contributed by atoms with Crippen LogP contribution in [0.3, 0.4) is 0 Å². The molecule has 0 saturated heterocycles. The second kappa shape index (κ2) is 6.35. The second-order valence-electron chi connectivity index (χ2n) is 6.25. The predicted octanol–water partition coefficient (Wildman–Crippen LogP) is 2.46. The Kier molecular flexibility index (Phi) is 5.01. The summed E-state index contributed by atoms with van der Waals surface area (Å²) in [5.41, 5.74) is -0.663. The molecule has 0 aromatic carbocycles. The summed E-state index contributed by atoms with van der Waals surface area (Å²) in [5.74, 6) is 0. The van der Waals surface area contributed by atoms with Gasteiger partial charge in [0.1, 0.15) is 0 Å². The van der Waals surface area contributed by atoms with Crippen LogP contribution in [-0.4, -0.2) is 40.8 Å². The van der Waals surface area contributed by atoms with Crippen molar-refractivity contribution in [3.05, 3.63) is 22.4 Å². The van der Waals surface area contributed by atoms with Gasteiger partial charge < -0.3 is 10.4 Å². The van der Waals surface area contributed by atoms with Crippen LogP contribution in [0.2, 0.25) is 0 Å². The second-order valence-corrected chi connectivity index (χ2v) is 7.28. The largest absolute Gasteiger partial charge is 0.388 e. The molecule has 3 nitrogen and oxygen atoms in total. The van der Waals surface area contributed by atoms with Gasteiger partial charge >= 0.3 is 0 Å². The Labute approximate surface area is 120 Å². The maximum atomic E-state index is 10.5. The van der Waals surface area contributed by atoms with E-state index in [4.69, 9.17) is 0 Å². The van der Waals surface area contributed by atoms with Crippen molar-refractivity contribution < 1.29 is 5.11 Å². The minimum absolute atomic E-state index is 0.415. The smallest absolute Gasteiger partial charge is 0.0870 e. The molecular weight excluding hydrogens is 256 g/mol. The molecule has 1 aromatic heterocycles. The third kappa shape index (κ3) is 5.22. The highest BCUT2D eigenvalue weighted by Gasteiger charge is 2.34. The molecule has 1 unspecified atom stereocenters. The van der Waals surface area contributed by atoms with Gasteiger partial charge in [0.15, 0.2) is 0 Å². The van der Waals surface area contributed by atoms with Crippen LogP contribution in [0.5, 0.6) is 0 Å². The zero-order valence-electron chi connectivity index (χ0n) is 12.2. The van der Waals surface area contributed by atoms with Crippen LogP contribution in [0.4, 0.5) is 0 Å². The van der Waals surface area contributed by atoms with Crippen molar-refractivity contribution in [3.8, 4) is 0 Å².